The maximum Gasteiger partial charge on any atom is 0.140 e. The number of Topliss-reactive ketones (excluding diaryl/α,β-unsaturated/α-hetero) is 2. The number of rotatable bonds is 1. The Morgan fingerprint density at radius 2 is 1.65 bits per heavy atom. The summed E-state index contributed by atoms with van der Waals surface area (Å²) in [6, 6.07) is 10.4. The summed E-state index contributed by atoms with van der Waals surface area (Å²) in [5, 5.41) is 2.37. The van der Waals surface area contributed by atoms with Crippen LogP contribution in [0.1, 0.15) is 41.9 Å². The van der Waals surface area contributed by atoms with E-state index in [0.717, 1.165) is 0 Å². The van der Waals surface area contributed by atoms with Crippen LogP contribution >= 0.6 is 0 Å². The maximum absolute atomic E-state index is 11.8. The van der Waals surface area contributed by atoms with Crippen LogP contribution in [0.3, 0.4) is 0 Å². The van der Waals surface area contributed by atoms with E-state index in [2.05, 4.69) is 32.0 Å². The molecule has 1 fully saturated rings. The Morgan fingerprint density at radius 3 is 2.35 bits per heavy atom. The highest BCUT2D eigenvalue weighted by molar-refractivity contribution is 6.03. The predicted octanol–water partition coefficient (Wildman–Crippen LogP) is 3.86. The van der Waals surface area contributed by atoms with E-state index >= 15 is 0 Å². The summed E-state index contributed by atoms with van der Waals surface area (Å²) in [5.74, 6) is 0.209. The summed E-state index contributed by atoms with van der Waals surface area (Å²) >= 11 is 0. The molecule has 0 bridgehead atoms. The van der Waals surface area contributed by atoms with Gasteiger partial charge in [0.05, 0.1) is 6.42 Å². The van der Waals surface area contributed by atoms with Gasteiger partial charge in [-0.3, -0.25) is 9.59 Å². The summed E-state index contributed by atoms with van der Waals surface area (Å²) < 4.78 is 0. The van der Waals surface area contributed by atoms with E-state index in [-0.39, 0.29) is 23.9 Å². The molecule has 0 amide bonds. The van der Waals surface area contributed by atoms with Crippen LogP contribution in [0, 0.1) is 13.8 Å². The van der Waals surface area contributed by atoms with Crippen LogP contribution in [0.15, 0.2) is 30.3 Å². The lowest BCUT2D eigenvalue weighted by molar-refractivity contribution is -0.130. The van der Waals surface area contributed by atoms with Crippen LogP contribution in [0.5, 0.6) is 0 Å². The maximum atomic E-state index is 11.8. The van der Waals surface area contributed by atoms with E-state index in [1.165, 1.54) is 27.5 Å². The van der Waals surface area contributed by atoms with Gasteiger partial charge in [-0.25, -0.2) is 0 Å². The standard InChI is InChI=1S/C18H18O2/c1-11-7-13-5-3-4-6-17(13)18(12(11)2)14-8-15(19)10-16(20)9-14/h3-7,14H,8-10H2,1-2H3. The van der Waals surface area contributed by atoms with E-state index in [1.54, 1.807) is 0 Å². The summed E-state index contributed by atoms with van der Waals surface area (Å²) in [4.78, 5) is 23.5. The minimum atomic E-state index is 0.0496. The van der Waals surface area contributed by atoms with E-state index in [0.29, 0.717) is 12.8 Å². The van der Waals surface area contributed by atoms with Crippen LogP contribution in [0.4, 0.5) is 0 Å². The van der Waals surface area contributed by atoms with Gasteiger partial charge in [-0.05, 0) is 47.2 Å². The van der Waals surface area contributed by atoms with Crippen molar-refractivity contribution in [3.05, 3.63) is 47.0 Å². The average molecular weight is 266 g/mol. The third-order valence-electron chi connectivity index (χ3n) is 4.37. The molecule has 0 aliphatic heterocycles. The van der Waals surface area contributed by atoms with Crippen molar-refractivity contribution in [1.29, 1.82) is 0 Å². The van der Waals surface area contributed by atoms with Crippen LogP contribution in [-0.4, -0.2) is 11.6 Å². The van der Waals surface area contributed by atoms with Gasteiger partial charge in [-0.1, -0.05) is 30.3 Å². The summed E-state index contributed by atoms with van der Waals surface area (Å²) in [5.41, 5.74) is 3.64. The van der Waals surface area contributed by atoms with Gasteiger partial charge in [-0.15, -0.1) is 0 Å². The Labute approximate surface area is 118 Å². The van der Waals surface area contributed by atoms with Crippen LogP contribution in [-0.2, 0) is 9.59 Å². The fraction of sp³-hybridized carbons (Fsp3) is 0.333. The van der Waals surface area contributed by atoms with Crippen molar-refractivity contribution in [3.8, 4) is 0 Å². The zero-order valence-corrected chi connectivity index (χ0v) is 11.9. The molecule has 1 saturated carbocycles. The molecule has 0 heterocycles. The van der Waals surface area contributed by atoms with Crippen molar-refractivity contribution in [2.45, 2.75) is 39.0 Å². The lowest BCUT2D eigenvalue weighted by Crippen LogP contribution is -2.22. The Kier molecular flexibility index (Phi) is 3.17. The molecule has 2 aromatic rings. The zero-order valence-electron chi connectivity index (χ0n) is 11.9. The summed E-state index contributed by atoms with van der Waals surface area (Å²) in [6.07, 6.45) is 1.12. The van der Waals surface area contributed by atoms with Crippen molar-refractivity contribution in [2.75, 3.05) is 0 Å². The highest BCUT2D eigenvalue weighted by Gasteiger charge is 2.28. The summed E-state index contributed by atoms with van der Waals surface area (Å²) in [7, 11) is 0. The fourth-order valence-corrected chi connectivity index (χ4v) is 3.34. The van der Waals surface area contributed by atoms with Gasteiger partial charge in [-0.2, -0.15) is 0 Å². The van der Waals surface area contributed by atoms with Crippen molar-refractivity contribution >= 4 is 22.3 Å². The van der Waals surface area contributed by atoms with E-state index in [1.807, 2.05) is 12.1 Å². The van der Waals surface area contributed by atoms with Crippen molar-refractivity contribution < 1.29 is 9.59 Å². The molecule has 0 aromatic heterocycles. The summed E-state index contributed by atoms with van der Waals surface area (Å²) in [6.45, 7) is 4.19. The van der Waals surface area contributed by atoms with Gasteiger partial charge in [0, 0.05) is 12.8 Å². The molecule has 2 nitrogen and oxygen atoms in total. The minimum absolute atomic E-state index is 0.0496. The molecule has 0 saturated heterocycles. The van der Waals surface area contributed by atoms with Crippen LogP contribution in [0.25, 0.3) is 10.8 Å². The monoisotopic (exact) mass is 266 g/mol. The van der Waals surface area contributed by atoms with Gasteiger partial charge < -0.3 is 0 Å². The van der Waals surface area contributed by atoms with Crippen LogP contribution in [0.2, 0.25) is 0 Å². The highest BCUT2D eigenvalue weighted by Crippen LogP contribution is 2.37. The molecule has 1 aliphatic rings. The van der Waals surface area contributed by atoms with Gasteiger partial charge in [0.2, 0.25) is 0 Å². The molecular weight excluding hydrogens is 248 g/mol. The molecule has 102 valence electrons. The molecule has 2 aromatic carbocycles. The molecule has 20 heavy (non-hydrogen) atoms. The quantitative estimate of drug-likeness (QED) is 0.734. The first-order valence-corrected chi connectivity index (χ1v) is 7.08. The second-order valence-electron chi connectivity index (χ2n) is 5.81. The number of fused-ring (bicyclic) bond motifs is 1. The number of hydrogen-bond donors (Lipinski definition) is 0. The van der Waals surface area contributed by atoms with Crippen molar-refractivity contribution in [1.82, 2.24) is 0 Å². The van der Waals surface area contributed by atoms with E-state index in [4.69, 9.17) is 0 Å². The Hall–Kier alpha value is -1.96. The van der Waals surface area contributed by atoms with Crippen molar-refractivity contribution in [3.63, 3.8) is 0 Å². The lowest BCUT2D eigenvalue weighted by Gasteiger charge is -2.25. The molecule has 0 N–H and O–H groups in total. The van der Waals surface area contributed by atoms with Gasteiger partial charge in [0.1, 0.15) is 11.6 Å². The SMILES string of the molecule is Cc1cc2ccccc2c(C2CC(=O)CC(=O)C2)c1C. The highest BCUT2D eigenvalue weighted by atomic mass is 16.1. The Balaban J connectivity index is 2.21. The number of carbonyl (C=O) groups excluding carboxylic acids is 2. The largest absolute Gasteiger partial charge is 0.299 e. The number of carbonyl (C=O) groups is 2. The number of ketones is 2. The molecule has 2 heteroatoms. The smallest absolute Gasteiger partial charge is 0.140 e. The zero-order chi connectivity index (χ0) is 14.3. The van der Waals surface area contributed by atoms with E-state index in [9.17, 15) is 9.59 Å². The van der Waals surface area contributed by atoms with Crippen molar-refractivity contribution in [2.24, 2.45) is 0 Å². The van der Waals surface area contributed by atoms with Gasteiger partial charge in [0.25, 0.3) is 0 Å². The third-order valence-corrected chi connectivity index (χ3v) is 4.37. The Bertz CT molecular complexity index is 697. The molecule has 0 atom stereocenters. The number of hydrogen-bond acceptors (Lipinski definition) is 2. The molecule has 1 aliphatic carbocycles. The molecule has 3 rings (SSSR count). The second-order valence-corrected chi connectivity index (χ2v) is 5.81. The first-order chi connectivity index (χ1) is 9.56. The number of benzene rings is 2. The average Bonchev–Trinajstić information content (AvgIpc) is 2.39. The molecule has 0 spiro atoms. The molecular formula is C18H18O2. The predicted molar refractivity (Wildman–Crippen MR) is 80.0 cm³/mol. The number of aryl methyl sites for hydroxylation is 1. The molecule has 0 unspecified atom stereocenters. The topological polar surface area (TPSA) is 34.1 Å². The molecule has 0 radical (unpaired) electrons. The van der Waals surface area contributed by atoms with Gasteiger partial charge >= 0.3 is 0 Å². The first kappa shape index (κ1) is 13.0. The third kappa shape index (κ3) is 2.15. The Morgan fingerprint density at radius 1 is 1.00 bits per heavy atom. The van der Waals surface area contributed by atoms with E-state index < -0.39 is 0 Å². The lowest BCUT2D eigenvalue weighted by atomic mass is 9.78. The minimum Gasteiger partial charge on any atom is -0.299 e. The first-order valence-electron chi connectivity index (χ1n) is 7.08. The van der Waals surface area contributed by atoms with Crippen LogP contribution < -0.4 is 0 Å². The normalized spacial score (nSPS) is 16.9. The van der Waals surface area contributed by atoms with Gasteiger partial charge in [0.15, 0.2) is 0 Å². The fourth-order valence-electron chi connectivity index (χ4n) is 3.34. The second kappa shape index (κ2) is 4.86.